The molecule has 2 aliphatic heterocycles. The van der Waals surface area contributed by atoms with Gasteiger partial charge >= 0.3 is 0 Å². The Hall–Kier alpha value is -0.570. The maximum absolute atomic E-state index is 10.2. The van der Waals surface area contributed by atoms with Crippen LogP contribution in [0.3, 0.4) is 0 Å². The number of ether oxygens (including phenoxy) is 3. The van der Waals surface area contributed by atoms with Gasteiger partial charge in [-0.2, -0.15) is 0 Å². The molecule has 0 saturated carbocycles. The summed E-state index contributed by atoms with van der Waals surface area (Å²) in [6.45, 7) is 6.67. The summed E-state index contributed by atoms with van der Waals surface area (Å²) in [6, 6.07) is 0. The fraction of sp³-hybridized carbons (Fsp3) is 0.812. The number of β-amino-alcohol motifs (C(OH)–C–C–N with tert-alkyl or cyclic N) is 1. The molecule has 0 spiro atoms. The Labute approximate surface area is 141 Å². The van der Waals surface area contributed by atoms with Crippen LogP contribution in [-0.4, -0.2) is 73.3 Å². The number of aryl methyl sites for hydroxylation is 1. The second kappa shape index (κ2) is 8.50. The minimum atomic E-state index is -0.479. The Morgan fingerprint density at radius 1 is 1.48 bits per heavy atom. The molecule has 7 heteroatoms. The van der Waals surface area contributed by atoms with Crippen molar-refractivity contribution in [3.05, 3.63) is 16.1 Å². The monoisotopic (exact) mass is 342 g/mol. The number of aliphatic hydroxyl groups is 1. The summed E-state index contributed by atoms with van der Waals surface area (Å²) in [5.41, 5.74) is 1.04. The van der Waals surface area contributed by atoms with Crippen molar-refractivity contribution in [1.82, 2.24) is 9.88 Å². The lowest BCUT2D eigenvalue weighted by molar-refractivity contribution is -0.0594. The van der Waals surface area contributed by atoms with Gasteiger partial charge in [-0.15, -0.1) is 11.3 Å². The third kappa shape index (κ3) is 5.20. The van der Waals surface area contributed by atoms with Gasteiger partial charge < -0.3 is 19.3 Å². The third-order valence-corrected chi connectivity index (χ3v) is 5.22. The average Bonchev–Trinajstić information content (AvgIpc) is 3.19. The molecule has 2 aliphatic rings. The van der Waals surface area contributed by atoms with E-state index in [0.717, 1.165) is 43.2 Å². The predicted octanol–water partition coefficient (Wildman–Crippen LogP) is 1.38. The Kier molecular flexibility index (Phi) is 6.38. The Bertz CT molecular complexity index is 478. The van der Waals surface area contributed by atoms with Gasteiger partial charge in [0, 0.05) is 37.3 Å². The van der Waals surface area contributed by atoms with Crippen LogP contribution < -0.4 is 0 Å². The lowest BCUT2D eigenvalue weighted by Crippen LogP contribution is -2.43. The van der Waals surface area contributed by atoms with Crippen molar-refractivity contribution in [1.29, 1.82) is 0 Å². The minimum absolute atomic E-state index is 0.0162. The van der Waals surface area contributed by atoms with Crippen molar-refractivity contribution in [3.8, 4) is 0 Å². The summed E-state index contributed by atoms with van der Waals surface area (Å²) in [4.78, 5) is 6.73. The molecular formula is C16H26N2O4S. The second-order valence-electron chi connectivity index (χ2n) is 6.27. The zero-order valence-electron chi connectivity index (χ0n) is 13.6. The summed E-state index contributed by atoms with van der Waals surface area (Å²) in [5.74, 6) is 0. The molecule has 3 atom stereocenters. The van der Waals surface area contributed by atoms with E-state index in [1.54, 1.807) is 11.3 Å². The van der Waals surface area contributed by atoms with Crippen LogP contribution in [0.5, 0.6) is 0 Å². The molecule has 3 rings (SSSR count). The SMILES string of the molecule is Cc1csc([C@@H]2CN(C[C@@H](O)COC[C@@H]3CCCO3)CCO2)n1. The minimum Gasteiger partial charge on any atom is -0.389 e. The molecule has 23 heavy (non-hydrogen) atoms. The van der Waals surface area contributed by atoms with Crippen molar-refractivity contribution >= 4 is 11.3 Å². The average molecular weight is 342 g/mol. The van der Waals surface area contributed by atoms with Crippen molar-refractivity contribution < 1.29 is 19.3 Å². The fourth-order valence-electron chi connectivity index (χ4n) is 3.00. The van der Waals surface area contributed by atoms with Gasteiger partial charge in [0.15, 0.2) is 0 Å². The normalized spacial score (nSPS) is 27.4. The first-order chi connectivity index (χ1) is 11.2. The molecule has 0 bridgehead atoms. The molecule has 0 aromatic carbocycles. The van der Waals surface area contributed by atoms with Gasteiger partial charge in [-0.25, -0.2) is 4.98 Å². The van der Waals surface area contributed by atoms with Gasteiger partial charge in [0.1, 0.15) is 11.1 Å². The van der Waals surface area contributed by atoms with E-state index < -0.39 is 6.10 Å². The first-order valence-corrected chi connectivity index (χ1v) is 9.22. The molecule has 1 aromatic heterocycles. The van der Waals surface area contributed by atoms with Gasteiger partial charge in [0.05, 0.1) is 32.0 Å². The van der Waals surface area contributed by atoms with E-state index >= 15 is 0 Å². The van der Waals surface area contributed by atoms with Crippen molar-refractivity contribution in [2.24, 2.45) is 0 Å². The van der Waals surface area contributed by atoms with Gasteiger partial charge in [-0.05, 0) is 19.8 Å². The van der Waals surface area contributed by atoms with Crippen molar-refractivity contribution in [2.45, 2.75) is 38.1 Å². The van der Waals surface area contributed by atoms with E-state index in [9.17, 15) is 5.11 Å². The van der Waals surface area contributed by atoms with E-state index in [-0.39, 0.29) is 12.2 Å². The van der Waals surface area contributed by atoms with E-state index in [2.05, 4.69) is 9.88 Å². The highest BCUT2D eigenvalue weighted by Gasteiger charge is 2.25. The Balaban J connectivity index is 1.38. The molecule has 3 heterocycles. The van der Waals surface area contributed by atoms with Crippen LogP contribution in [0.2, 0.25) is 0 Å². The van der Waals surface area contributed by atoms with Crippen LogP contribution in [0.4, 0.5) is 0 Å². The molecular weight excluding hydrogens is 316 g/mol. The number of aliphatic hydroxyl groups excluding tert-OH is 1. The summed E-state index contributed by atoms with van der Waals surface area (Å²) >= 11 is 1.64. The maximum Gasteiger partial charge on any atom is 0.123 e. The van der Waals surface area contributed by atoms with Gasteiger partial charge in [0.2, 0.25) is 0 Å². The standard InChI is InChI=1S/C16H26N2O4S/c1-12-11-23-16(17-12)15-8-18(4-6-22-15)7-13(19)9-20-10-14-3-2-5-21-14/h11,13-15,19H,2-10H2,1H3/t13-,14+,15+/m1/s1. The molecule has 0 amide bonds. The highest BCUT2D eigenvalue weighted by Crippen LogP contribution is 2.25. The molecule has 2 saturated heterocycles. The van der Waals surface area contributed by atoms with Crippen LogP contribution in [0, 0.1) is 6.92 Å². The molecule has 1 N–H and O–H groups in total. The van der Waals surface area contributed by atoms with Crippen LogP contribution in [0.25, 0.3) is 0 Å². The van der Waals surface area contributed by atoms with Crippen LogP contribution in [0.1, 0.15) is 29.6 Å². The zero-order valence-corrected chi connectivity index (χ0v) is 14.5. The first kappa shape index (κ1) is 17.3. The molecule has 2 fully saturated rings. The highest BCUT2D eigenvalue weighted by molar-refractivity contribution is 7.09. The number of morpholine rings is 1. The second-order valence-corrected chi connectivity index (χ2v) is 7.16. The van der Waals surface area contributed by atoms with Gasteiger partial charge in [-0.3, -0.25) is 4.90 Å². The number of hydrogen-bond donors (Lipinski definition) is 1. The lowest BCUT2D eigenvalue weighted by atomic mass is 10.2. The first-order valence-electron chi connectivity index (χ1n) is 8.34. The third-order valence-electron chi connectivity index (χ3n) is 4.17. The fourth-order valence-corrected chi connectivity index (χ4v) is 3.83. The summed E-state index contributed by atoms with van der Waals surface area (Å²) < 4.78 is 16.9. The molecule has 6 nitrogen and oxygen atoms in total. The molecule has 0 radical (unpaired) electrons. The maximum atomic E-state index is 10.2. The highest BCUT2D eigenvalue weighted by atomic mass is 32.1. The smallest absolute Gasteiger partial charge is 0.123 e. The van der Waals surface area contributed by atoms with E-state index in [4.69, 9.17) is 14.2 Å². The van der Waals surface area contributed by atoms with Crippen LogP contribution in [-0.2, 0) is 14.2 Å². The Morgan fingerprint density at radius 2 is 2.39 bits per heavy atom. The van der Waals surface area contributed by atoms with Crippen LogP contribution in [0.15, 0.2) is 5.38 Å². The van der Waals surface area contributed by atoms with E-state index in [0.29, 0.717) is 26.4 Å². The van der Waals surface area contributed by atoms with Crippen molar-refractivity contribution in [3.63, 3.8) is 0 Å². The quantitative estimate of drug-likeness (QED) is 0.808. The topological polar surface area (TPSA) is 64.1 Å². The number of rotatable bonds is 7. The predicted molar refractivity (Wildman–Crippen MR) is 87.8 cm³/mol. The van der Waals surface area contributed by atoms with Crippen LogP contribution >= 0.6 is 11.3 Å². The Morgan fingerprint density at radius 3 is 3.13 bits per heavy atom. The van der Waals surface area contributed by atoms with Crippen molar-refractivity contribution in [2.75, 3.05) is 46.1 Å². The van der Waals surface area contributed by atoms with E-state index in [1.807, 2.05) is 12.3 Å². The largest absolute Gasteiger partial charge is 0.389 e. The molecule has 0 unspecified atom stereocenters. The van der Waals surface area contributed by atoms with E-state index in [1.165, 1.54) is 0 Å². The number of aromatic nitrogens is 1. The molecule has 1 aromatic rings. The summed E-state index contributed by atoms with van der Waals surface area (Å²) in [5, 5.41) is 13.2. The summed E-state index contributed by atoms with van der Waals surface area (Å²) in [6.07, 6.45) is 1.93. The number of nitrogens with zero attached hydrogens (tertiary/aromatic N) is 2. The number of hydrogen-bond acceptors (Lipinski definition) is 7. The number of thiazole rings is 1. The molecule has 0 aliphatic carbocycles. The van der Waals surface area contributed by atoms with Gasteiger partial charge in [-0.1, -0.05) is 0 Å². The summed E-state index contributed by atoms with van der Waals surface area (Å²) in [7, 11) is 0. The molecule has 130 valence electrons. The zero-order chi connectivity index (χ0) is 16.1. The lowest BCUT2D eigenvalue weighted by Gasteiger charge is -2.33. The van der Waals surface area contributed by atoms with Gasteiger partial charge in [0.25, 0.3) is 0 Å².